The Morgan fingerprint density at radius 2 is 1.74 bits per heavy atom. The minimum atomic E-state index is -0.112. The van der Waals surface area contributed by atoms with Crippen LogP contribution < -0.4 is 5.32 Å². The third-order valence-electron chi connectivity index (χ3n) is 7.76. The van der Waals surface area contributed by atoms with Crippen molar-refractivity contribution in [2.24, 2.45) is 11.8 Å². The first-order valence-corrected chi connectivity index (χ1v) is 12.7. The Morgan fingerprint density at radius 1 is 1.03 bits per heavy atom. The Kier molecular flexibility index (Phi) is 6.68. The average Bonchev–Trinajstić information content (AvgIpc) is 3.29. The second-order valence-corrected chi connectivity index (χ2v) is 10.3. The SMILES string of the molecule is Cc1ccc(C2Cn3nnc(C(=O)N4CCC(C(=O)NC5CCC(C)CC5)CC4)c3CO2)cc1. The zero-order valence-corrected chi connectivity index (χ0v) is 20.2. The predicted octanol–water partition coefficient (Wildman–Crippen LogP) is 3.41. The van der Waals surface area contributed by atoms with Crippen LogP contribution in [0, 0.1) is 18.8 Å². The van der Waals surface area contributed by atoms with E-state index in [1.165, 1.54) is 18.4 Å². The zero-order valence-electron chi connectivity index (χ0n) is 20.2. The number of carbonyl (C=O) groups is 2. The Bertz CT molecular complexity index is 1020. The van der Waals surface area contributed by atoms with Crippen LogP contribution in [0.2, 0.25) is 0 Å². The molecule has 1 aliphatic carbocycles. The minimum absolute atomic E-state index is 0.0176. The van der Waals surface area contributed by atoms with Crippen LogP contribution in [0.1, 0.15) is 78.9 Å². The van der Waals surface area contributed by atoms with E-state index in [2.05, 4.69) is 53.7 Å². The first-order chi connectivity index (χ1) is 16.5. The smallest absolute Gasteiger partial charge is 0.276 e. The van der Waals surface area contributed by atoms with E-state index in [-0.39, 0.29) is 23.8 Å². The molecule has 2 aromatic rings. The molecule has 1 unspecified atom stereocenters. The van der Waals surface area contributed by atoms with Gasteiger partial charge in [-0.3, -0.25) is 9.59 Å². The van der Waals surface area contributed by atoms with Crippen molar-refractivity contribution in [1.29, 1.82) is 0 Å². The number of nitrogens with one attached hydrogen (secondary N) is 1. The summed E-state index contributed by atoms with van der Waals surface area (Å²) in [6, 6.07) is 8.61. The van der Waals surface area contributed by atoms with Gasteiger partial charge in [0.1, 0.15) is 6.10 Å². The summed E-state index contributed by atoms with van der Waals surface area (Å²) in [4.78, 5) is 27.8. The van der Waals surface area contributed by atoms with Crippen molar-refractivity contribution in [3.63, 3.8) is 0 Å². The molecule has 0 bridgehead atoms. The van der Waals surface area contributed by atoms with Crippen molar-refractivity contribution in [1.82, 2.24) is 25.2 Å². The zero-order chi connectivity index (χ0) is 23.7. The lowest BCUT2D eigenvalue weighted by molar-refractivity contribution is -0.127. The number of ether oxygens (including phenoxy) is 1. The highest BCUT2D eigenvalue weighted by Gasteiger charge is 2.33. The molecule has 1 aromatic carbocycles. The Morgan fingerprint density at radius 3 is 2.44 bits per heavy atom. The summed E-state index contributed by atoms with van der Waals surface area (Å²) in [5.74, 6) is 0.794. The summed E-state index contributed by atoms with van der Waals surface area (Å²) in [6.07, 6.45) is 5.82. The van der Waals surface area contributed by atoms with Crippen LogP contribution >= 0.6 is 0 Å². The molecule has 2 fully saturated rings. The molecule has 2 aliphatic heterocycles. The standard InChI is InChI=1S/C26H35N5O3/c1-17-3-7-19(8-4-17)23-15-31-22(16-34-23)24(28-29-31)26(33)30-13-11-20(12-14-30)25(32)27-21-9-5-18(2)6-10-21/h3-4,7-8,18,20-21,23H,5-6,9-16H2,1-2H3,(H,27,32). The number of hydrogen-bond donors (Lipinski definition) is 1. The average molecular weight is 466 g/mol. The van der Waals surface area contributed by atoms with Crippen molar-refractivity contribution >= 4 is 11.8 Å². The van der Waals surface area contributed by atoms with E-state index in [0.29, 0.717) is 50.8 Å². The first-order valence-electron chi connectivity index (χ1n) is 12.7. The Labute approximate surface area is 201 Å². The van der Waals surface area contributed by atoms with Crippen LogP contribution in [-0.2, 0) is 22.7 Å². The predicted molar refractivity (Wildman–Crippen MR) is 127 cm³/mol. The monoisotopic (exact) mass is 465 g/mol. The van der Waals surface area contributed by atoms with Gasteiger partial charge in [-0.25, -0.2) is 4.68 Å². The number of likely N-dealkylation sites (tertiary alicyclic amines) is 1. The van der Waals surface area contributed by atoms with Gasteiger partial charge in [0.15, 0.2) is 5.69 Å². The van der Waals surface area contributed by atoms with Crippen LogP contribution in [0.3, 0.4) is 0 Å². The summed E-state index contributed by atoms with van der Waals surface area (Å²) in [5, 5.41) is 11.7. The van der Waals surface area contributed by atoms with Crippen LogP contribution in [0.5, 0.6) is 0 Å². The second-order valence-electron chi connectivity index (χ2n) is 10.3. The molecule has 3 heterocycles. The Hall–Kier alpha value is -2.74. The maximum Gasteiger partial charge on any atom is 0.276 e. The number of amides is 2. The van der Waals surface area contributed by atoms with E-state index in [9.17, 15) is 9.59 Å². The van der Waals surface area contributed by atoms with Gasteiger partial charge >= 0.3 is 0 Å². The fourth-order valence-corrected chi connectivity index (χ4v) is 5.38. The van der Waals surface area contributed by atoms with Crippen molar-refractivity contribution in [3.05, 3.63) is 46.8 Å². The molecule has 1 aromatic heterocycles. The van der Waals surface area contributed by atoms with E-state index < -0.39 is 0 Å². The third kappa shape index (κ3) is 4.87. The van der Waals surface area contributed by atoms with Crippen LogP contribution in [0.4, 0.5) is 0 Å². The number of carbonyl (C=O) groups excluding carboxylic acids is 2. The second kappa shape index (κ2) is 9.86. The number of aryl methyl sites for hydroxylation is 1. The number of piperidine rings is 1. The molecule has 1 N–H and O–H groups in total. The lowest BCUT2D eigenvalue weighted by atomic mass is 9.86. The number of aromatic nitrogens is 3. The normalized spacial score (nSPS) is 25.6. The van der Waals surface area contributed by atoms with Gasteiger partial charge < -0.3 is 15.0 Å². The maximum absolute atomic E-state index is 13.2. The largest absolute Gasteiger partial charge is 0.365 e. The molecule has 1 saturated carbocycles. The van der Waals surface area contributed by atoms with Crippen LogP contribution in [-0.4, -0.2) is 50.8 Å². The van der Waals surface area contributed by atoms with Crippen molar-refractivity contribution in [2.45, 2.75) is 77.7 Å². The lowest BCUT2D eigenvalue weighted by Gasteiger charge is -2.33. The van der Waals surface area contributed by atoms with E-state index in [4.69, 9.17) is 4.74 Å². The quantitative estimate of drug-likeness (QED) is 0.748. The Balaban J connectivity index is 1.15. The molecular formula is C26H35N5O3. The molecule has 182 valence electrons. The molecule has 1 atom stereocenters. The topological polar surface area (TPSA) is 89.4 Å². The number of hydrogen-bond acceptors (Lipinski definition) is 5. The molecule has 8 heteroatoms. The molecule has 1 saturated heterocycles. The van der Waals surface area contributed by atoms with Gasteiger partial charge in [0, 0.05) is 25.0 Å². The van der Waals surface area contributed by atoms with Gasteiger partial charge in [-0.2, -0.15) is 0 Å². The van der Waals surface area contributed by atoms with Gasteiger partial charge in [0.05, 0.1) is 18.8 Å². The number of nitrogens with zero attached hydrogens (tertiary/aromatic N) is 4. The van der Waals surface area contributed by atoms with Gasteiger partial charge in [-0.1, -0.05) is 42.0 Å². The molecule has 0 radical (unpaired) electrons. The summed E-state index contributed by atoms with van der Waals surface area (Å²) >= 11 is 0. The highest BCUT2D eigenvalue weighted by Crippen LogP contribution is 2.29. The minimum Gasteiger partial charge on any atom is -0.365 e. The van der Waals surface area contributed by atoms with Crippen LogP contribution in [0.15, 0.2) is 24.3 Å². The maximum atomic E-state index is 13.2. The fourth-order valence-electron chi connectivity index (χ4n) is 5.38. The van der Waals surface area contributed by atoms with Gasteiger partial charge in [-0.15, -0.1) is 5.10 Å². The molecule has 3 aliphatic rings. The van der Waals surface area contributed by atoms with Crippen LogP contribution in [0.25, 0.3) is 0 Å². The third-order valence-corrected chi connectivity index (χ3v) is 7.76. The van der Waals surface area contributed by atoms with E-state index in [1.54, 1.807) is 4.68 Å². The van der Waals surface area contributed by atoms with Crippen molar-refractivity contribution < 1.29 is 14.3 Å². The highest BCUT2D eigenvalue weighted by atomic mass is 16.5. The molecule has 5 rings (SSSR count). The van der Waals surface area contributed by atoms with Crippen molar-refractivity contribution in [2.75, 3.05) is 13.1 Å². The van der Waals surface area contributed by atoms with Gasteiger partial charge in [0.25, 0.3) is 5.91 Å². The summed E-state index contributed by atoms with van der Waals surface area (Å²) in [6.45, 7) is 6.33. The molecular weight excluding hydrogens is 430 g/mol. The fraction of sp³-hybridized carbons (Fsp3) is 0.615. The molecule has 8 nitrogen and oxygen atoms in total. The van der Waals surface area contributed by atoms with Gasteiger partial charge in [0.2, 0.25) is 5.91 Å². The summed E-state index contributed by atoms with van der Waals surface area (Å²) in [5.41, 5.74) is 3.42. The number of rotatable bonds is 4. The summed E-state index contributed by atoms with van der Waals surface area (Å²) in [7, 11) is 0. The number of fused-ring (bicyclic) bond motifs is 1. The van der Waals surface area contributed by atoms with E-state index >= 15 is 0 Å². The molecule has 2 amide bonds. The molecule has 34 heavy (non-hydrogen) atoms. The van der Waals surface area contributed by atoms with Crippen molar-refractivity contribution in [3.8, 4) is 0 Å². The lowest BCUT2D eigenvalue weighted by Crippen LogP contribution is -2.46. The van der Waals surface area contributed by atoms with E-state index in [0.717, 1.165) is 30.0 Å². The van der Waals surface area contributed by atoms with E-state index in [1.807, 2.05) is 4.90 Å². The number of benzene rings is 1. The summed E-state index contributed by atoms with van der Waals surface area (Å²) < 4.78 is 7.87. The molecule has 0 spiro atoms. The first kappa shape index (κ1) is 23.0. The highest BCUT2D eigenvalue weighted by molar-refractivity contribution is 5.93. The van der Waals surface area contributed by atoms with Gasteiger partial charge in [-0.05, 0) is 56.9 Å².